The first-order valence-corrected chi connectivity index (χ1v) is 6.86. The van der Waals surface area contributed by atoms with Crippen LogP contribution in [0.25, 0.3) is 0 Å². The normalized spacial score (nSPS) is 14.7. The fourth-order valence-corrected chi connectivity index (χ4v) is 1.97. The summed E-state index contributed by atoms with van der Waals surface area (Å²) in [6.45, 7) is 6.87. The molecule has 1 aromatic rings. The molecule has 0 saturated carbocycles. The SMILES string of the molecule is CCCC(Cc1nc(C(CC)OCC)no1)NC. The number of hydrogen-bond donors (Lipinski definition) is 1. The van der Waals surface area contributed by atoms with E-state index in [0.717, 1.165) is 25.7 Å². The summed E-state index contributed by atoms with van der Waals surface area (Å²) in [4.78, 5) is 4.43. The summed E-state index contributed by atoms with van der Waals surface area (Å²) in [5.74, 6) is 1.36. The molecule has 5 heteroatoms. The third kappa shape index (κ3) is 4.38. The van der Waals surface area contributed by atoms with Crippen LogP contribution in [-0.2, 0) is 11.2 Å². The molecule has 1 heterocycles. The second kappa shape index (κ2) is 8.21. The van der Waals surface area contributed by atoms with Gasteiger partial charge in [-0.25, -0.2) is 0 Å². The predicted octanol–water partition coefficient (Wildman–Crippen LogP) is 2.49. The molecule has 2 atom stereocenters. The lowest BCUT2D eigenvalue weighted by Gasteiger charge is -2.12. The second-order valence-electron chi connectivity index (χ2n) is 4.38. The van der Waals surface area contributed by atoms with E-state index < -0.39 is 0 Å². The monoisotopic (exact) mass is 255 g/mol. The Morgan fingerprint density at radius 1 is 1.33 bits per heavy atom. The van der Waals surface area contributed by atoms with E-state index in [0.29, 0.717) is 24.4 Å². The third-order valence-corrected chi connectivity index (χ3v) is 2.98. The molecule has 1 rings (SSSR count). The number of hydrogen-bond acceptors (Lipinski definition) is 5. The highest BCUT2D eigenvalue weighted by atomic mass is 16.5. The van der Waals surface area contributed by atoms with Crippen LogP contribution in [0.3, 0.4) is 0 Å². The maximum absolute atomic E-state index is 5.57. The number of ether oxygens (including phenoxy) is 1. The number of rotatable bonds is 9. The highest BCUT2D eigenvalue weighted by Crippen LogP contribution is 2.18. The van der Waals surface area contributed by atoms with Gasteiger partial charge in [0, 0.05) is 19.1 Å². The zero-order valence-corrected chi connectivity index (χ0v) is 11.9. The van der Waals surface area contributed by atoms with Gasteiger partial charge in [0.05, 0.1) is 0 Å². The molecule has 0 radical (unpaired) electrons. The summed E-state index contributed by atoms with van der Waals surface area (Å²) in [6.07, 6.45) is 3.84. The van der Waals surface area contributed by atoms with Gasteiger partial charge in [-0.3, -0.25) is 0 Å². The van der Waals surface area contributed by atoms with E-state index in [4.69, 9.17) is 9.26 Å². The number of nitrogens with one attached hydrogen (secondary N) is 1. The van der Waals surface area contributed by atoms with Crippen molar-refractivity contribution < 1.29 is 9.26 Å². The van der Waals surface area contributed by atoms with Gasteiger partial charge in [-0.15, -0.1) is 0 Å². The molecular formula is C13H25N3O2. The largest absolute Gasteiger partial charge is 0.370 e. The van der Waals surface area contributed by atoms with Crippen LogP contribution in [-0.4, -0.2) is 29.8 Å². The highest BCUT2D eigenvalue weighted by Gasteiger charge is 2.18. The third-order valence-electron chi connectivity index (χ3n) is 2.98. The lowest BCUT2D eigenvalue weighted by atomic mass is 10.1. The molecule has 0 fully saturated rings. The predicted molar refractivity (Wildman–Crippen MR) is 70.4 cm³/mol. The molecule has 2 unspecified atom stereocenters. The van der Waals surface area contributed by atoms with Crippen molar-refractivity contribution in [1.29, 1.82) is 0 Å². The molecule has 1 aromatic heterocycles. The average Bonchev–Trinajstić information content (AvgIpc) is 2.83. The van der Waals surface area contributed by atoms with Crippen LogP contribution in [0.15, 0.2) is 4.52 Å². The molecule has 0 aliphatic heterocycles. The van der Waals surface area contributed by atoms with Gasteiger partial charge in [0.1, 0.15) is 6.10 Å². The summed E-state index contributed by atoms with van der Waals surface area (Å²) in [5, 5.41) is 7.28. The van der Waals surface area contributed by atoms with Gasteiger partial charge in [0.25, 0.3) is 0 Å². The Balaban J connectivity index is 2.61. The smallest absolute Gasteiger partial charge is 0.228 e. The van der Waals surface area contributed by atoms with Crippen LogP contribution < -0.4 is 5.32 Å². The minimum absolute atomic E-state index is 0.0493. The van der Waals surface area contributed by atoms with Crippen molar-refractivity contribution in [2.24, 2.45) is 0 Å². The van der Waals surface area contributed by atoms with Crippen LogP contribution in [0.4, 0.5) is 0 Å². The number of aromatic nitrogens is 2. The van der Waals surface area contributed by atoms with Crippen LogP contribution in [0.5, 0.6) is 0 Å². The van der Waals surface area contributed by atoms with Gasteiger partial charge in [-0.1, -0.05) is 25.4 Å². The molecule has 0 amide bonds. The summed E-state index contributed by atoms with van der Waals surface area (Å²) in [6, 6.07) is 0.399. The molecule has 5 nitrogen and oxygen atoms in total. The molecule has 0 aromatic carbocycles. The minimum Gasteiger partial charge on any atom is -0.370 e. The van der Waals surface area contributed by atoms with Crippen molar-refractivity contribution in [2.45, 2.75) is 58.6 Å². The Labute approximate surface area is 109 Å². The zero-order chi connectivity index (χ0) is 13.4. The van der Waals surface area contributed by atoms with Gasteiger partial charge in [-0.05, 0) is 26.8 Å². The molecule has 0 spiro atoms. The lowest BCUT2D eigenvalue weighted by molar-refractivity contribution is 0.0518. The quantitative estimate of drug-likeness (QED) is 0.734. The molecule has 1 N–H and O–H groups in total. The van der Waals surface area contributed by atoms with Gasteiger partial charge in [-0.2, -0.15) is 4.98 Å². The standard InChI is InChI=1S/C13H25N3O2/c1-5-8-10(14-4)9-12-15-13(16-18-12)11(6-2)17-7-3/h10-11,14H,5-9H2,1-4H3. The van der Waals surface area contributed by atoms with E-state index in [-0.39, 0.29) is 6.10 Å². The van der Waals surface area contributed by atoms with Crippen molar-refractivity contribution in [3.8, 4) is 0 Å². The van der Waals surface area contributed by atoms with Gasteiger partial charge >= 0.3 is 0 Å². The second-order valence-corrected chi connectivity index (χ2v) is 4.38. The van der Waals surface area contributed by atoms with Gasteiger partial charge in [0.2, 0.25) is 11.7 Å². The van der Waals surface area contributed by atoms with Crippen molar-refractivity contribution in [3.63, 3.8) is 0 Å². The van der Waals surface area contributed by atoms with E-state index in [9.17, 15) is 0 Å². The fraction of sp³-hybridized carbons (Fsp3) is 0.846. The topological polar surface area (TPSA) is 60.2 Å². The molecule has 18 heavy (non-hydrogen) atoms. The van der Waals surface area contributed by atoms with Crippen LogP contribution in [0, 0.1) is 0 Å². The Hall–Kier alpha value is -0.940. The van der Waals surface area contributed by atoms with E-state index in [1.165, 1.54) is 0 Å². The summed E-state index contributed by atoms with van der Waals surface area (Å²) in [5.41, 5.74) is 0. The van der Waals surface area contributed by atoms with E-state index in [1.807, 2.05) is 14.0 Å². The van der Waals surface area contributed by atoms with Crippen molar-refractivity contribution in [1.82, 2.24) is 15.5 Å². The maximum atomic E-state index is 5.57. The molecule has 0 bridgehead atoms. The summed E-state index contributed by atoms with van der Waals surface area (Å²) >= 11 is 0. The first-order chi connectivity index (χ1) is 8.74. The summed E-state index contributed by atoms with van der Waals surface area (Å²) in [7, 11) is 1.96. The van der Waals surface area contributed by atoms with Crippen LogP contribution in [0.2, 0.25) is 0 Å². The maximum Gasteiger partial charge on any atom is 0.228 e. The van der Waals surface area contributed by atoms with Gasteiger partial charge < -0.3 is 14.6 Å². The Kier molecular flexibility index (Phi) is 6.90. The zero-order valence-electron chi connectivity index (χ0n) is 11.9. The summed E-state index contributed by atoms with van der Waals surface area (Å²) < 4.78 is 10.9. The number of likely N-dealkylation sites (N-methyl/N-ethyl adjacent to an activating group) is 1. The first-order valence-electron chi connectivity index (χ1n) is 6.86. The Morgan fingerprint density at radius 3 is 2.67 bits per heavy atom. The van der Waals surface area contributed by atoms with Gasteiger partial charge in [0.15, 0.2) is 0 Å². The van der Waals surface area contributed by atoms with E-state index in [1.54, 1.807) is 0 Å². The van der Waals surface area contributed by atoms with E-state index >= 15 is 0 Å². The lowest BCUT2D eigenvalue weighted by Crippen LogP contribution is -2.27. The first kappa shape index (κ1) is 15.1. The fourth-order valence-electron chi connectivity index (χ4n) is 1.97. The highest BCUT2D eigenvalue weighted by molar-refractivity contribution is 4.93. The van der Waals surface area contributed by atoms with Crippen molar-refractivity contribution in [2.75, 3.05) is 13.7 Å². The van der Waals surface area contributed by atoms with Crippen LogP contribution >= 0.6 is 0 Å². The molecular weight excluding hydrogens is 230 g/mol. The molecule has 0 aliphatic carbocycles. The Morgan fingerprint density at radius 2 is 2.11 bits per heavy atom. The average molecular weight is 255 g/mol. The molecule has 0 saturated heterocycles. The van der Waals surface area contributed by atoms with Crippen LogP contribution in [0.1, 0.15) is 57.9 Å². The van der Waals surface area contributed by atoms with Crippen molar-refractivity contribution in [3.05, 3.63) is 11.7 Å². The Bertz CT molecular complexity index is 328. The minimum atomic E-state index is -0.0493. The molecule has 0 aliphatic rings. The van der Waals surface area contributed by atoms with Crippen molar-refractivity contribution >= 4 is 0 Å². The van der Waals surface area contributed by atoms with E-state index in [2.05, 4.69) is 29.3 Å². The molecule has 104 valence electrons. The number of nitrogens with zero attached hydrogens (tertiary/aromatic N) is 2.